The Hall–Kier alpha value is -1.81. The molecule has 92 valence electrons. The number of benzene rings is 1. The van der Waals surface area contributed by atoms with Crippen LogP contribution in [-0.2, 0) is 0 Å². The first-order chi connectivity index (χ1) is 8.77. The Bertz CT molecular complexity index is 630. The van der Waals surface area contributed by atoms with Gasteiger partial charge < -0.3 is 10.6 Å². The van der Waals surface area contributed by atoms with Gasteiger partial charge in [0.05, 0.1) is 5.69 Å². The van der Waals surface area contributed by atoms with E-state index in [2.05, 4.69) is 6.08 Å². The van der Waals surface area contributed by atoms with Crippen LogP contribution in [0.5, 0.6) is 0 Å². The smallest absolute Gasteiger partial charge is 0.266 e. The predicted molar refractivity (Wildman–Crippen MR) is 75.9 cm³/mol. The molecule has 1 aliphatic heterocycles. The van der Waals surface area contributed by atoms with Crippen molar-refractivity contribution >= 4 is 33.0 Å². The summed E-state index contributed by atoms with van der Waals surface area (Å²) < 4.78 is 1.07. The van der Waals surface area contributed by atoms with Crippen molar-refractivity contribution < 1.29 is 4.79 Å². The van der Waals surface area contributed by atoms with Crippen LogP contribution in [0, 0.1) is 0 Å². The van der Waals surface area contributed by atoms with Crippen LogP contribution < -0.4 is 5.73 Å². The van der Waals surface area contributed by atoms with E-state index in [0.717, 1.165) is 23.1 Å². The van der Waals surface area contributed by atoms with E-state index < -0.39 is 0 Å². The number of fused-ring (bicyclic) bond motifs is 1. The number of thiophene rings is 1. The van der Waals surface area contributed by atoms with Crippen LogP contribution in [0.2, 0.25) is 0 Å². The van der Waals surface area contributed by atoms with E-state index in [1.165, 1.54) is 11.3 Å². The molecule has 0 radical (unpaired) electrons. The summed E-state index contributed by atoms with van der Waals surface area (Å²) in [4.78, 5) is 14.9. The molecule has 0 unspecified atom stereocenters. The molecular weight excluding hydrogens is 244 g/mol. The van der Waals surface area contributed by atoms with Crippen LogP contribution >= 0.6 is 11.3 Å². The lowest BCUT2D eigenvalue weighted by atomic mass is 10.2. The van der Waals surface area contributed by atoms with Gasteiger partial charge in [0.25, 0.3) is 5.91 Å². The second kappa shape index (κ2) is 4.46. The van der Waals surface area contributed by atoms with Gasteiger partial charge in [0.15, 0.2) is 0 Å². The quantitative estimate of drug-likeness (QED) is 0.799. The third kappa shape index (κ3) is 1.78. The number of hydrogen-bond acceptors (Lipinski definition) is 3. The Morgan fingerprint density at radius 2 is 2.11 bits per heavy atom. The van der Waals surface area contributed by atoms with E-state index in [4.69, 9.17) is 5.73 Å². The molecule has 18 heavy (non-hydrogen) atoms. The number of nitrogens with zero attached hydrogens (tertiary/aromatic N) is 1. The molecule has 4 heteroatoms. The molecule has 0 aliphatic carbocycles. The molecule has 1 aromatic carbocycles. The molecule has 0 saturated heterocycles. The van der Waals surface area contributed by atoms with E-state index in [9.17, 15) is 4.79 Å². The van der Waals surface area contributed by atoms with Gasteiger partial charge in [-0.05, 0) is 12.5 Å². The number of nitrogens with two attached hydrogens (primary N) is 1. The van der Waals surface area contributed by atoms with Crippen molar-refractivity contribution in [2.45, 2.75) is 6.42 Å². The van der Waals surface area contributed by atoms with Crippen molar-refractivity contribution in [1.82, 2.24) is 4.90 Å². The number of anilines is 1. The zero-order valence-corrected chi connectivity index (χ0v) is 10.7. The minimum absolute atomic E-state index is 0.0538. The first-order valence-electron chi connectivity index (χ1n) is 5.98. The molecule has 0 atom stereocenters. The van der Waals surface area contributed by atoms with E-state index in [0.29, 0.717) is 17.1 Å². The summed E-state index contributed by atoms with van der Waals surface area (Å²) in [5.74, 6) is 0.0538. The van der Waals surface area contributed by atoms with Gasteiger partial charge in [-0.1, -0.05) is 30.4 Å². The molecule has 3 nitrogen and oxygen atoms in total. The average molecular weight is 258 g/mol. The summed E-state index contributed by atoms with van der Waals surface area (Å²) >= 11 is 1.49. The second-order valence-corrected chi connectivity index (χ2v) is 5.40. The fourth-order valence-corrected chi connectivity index (χ4v) is 3.28. The molecule has 0 saturated carbocycles. The Morgan fingerprint density at radius 3 is 2.83 bits per heavy atom. The number of carbonyl (C=O) groups excluding carboxylic acids is 1. The maximum absolute atomic E-state index is 12.4. The number of nitrogen functional groups attached to an aromatic ring is 1. The SMILES string of the molecule is Nc1c(C(=O)N2CC=CCC2)sc2ccccc12. The Morgan fingerprint density at radius 1 is 1.28 bits per heavy atom. The van der Waals surface area contributed by atoms with Crippen molar-refractivity contribution in [2.24, 2.45) is 0 Å². The lowest BCUT2D eigenvalue weighted by molar-refractivity contribution is 0.0777. The first-order valence-corrected chi connectivity index (χ1v) is 6.80. The first kappa shape index (κ1) is 11.3. The molecule has 1 aromatic heterocycles. The minimum atomic E-state index is 0.0538. The molecule has 2 heterocycles. The maximum Gasteiger partial charge on any atom is 0.266 e. The predicted octanol–water partition coefficient (Wildman–Crippen LogP) is 2.89. The summed E-state index contributed by atoms with van der Waals surface area (Å²) in [6.07, 6.45) is 5.07. The van der Waals surface area contributed by atoms with Gasteiger partial charge in [-0.15, -0.1) is 11.3 Å². The summed E-state index contributed by atoms with van der Waals surface area (Å²) in [5, 5.41) is 0.985. The maximum atomic E-state index is 12.4. The summed E-state index contributed by atoms with van der Waals surface area (Å²) in [6.45, 7) is 1.47. The highest BCUT2D eigenvalue weighted by Crippen LogP contribution is 2.34. The number of hydrogen-bond donors (Lipinski definition) is 1. The molecule has 0 fully saturated rings. The van der Waals surface area contributed by atoms with Crippen LogP contribution in [-0.4, -0.2) is 23.9 Å². The summed E-state index contributed by atoms with van der Waals surface area (Å²) in [5.41, 5.74) is 6.71. The van der Waals surface area contributed by atoms with Crippen LogP contribution in [0.1, 0.15) is 16.1 Å². The molecule has 1 amide bonds. The van der Waals surface area contributed by atoms with E-state index >= 15 is 0 Å². The van der Waals surface area contributed by atoms with Gasteiger partial charge in [-0.3, -0.25) is 4.79 Å². The van der Waals surface area contributed by atoms with Gasteiger partial charge in [0.1, 0.15) is 4.88 Å². The highest BCUT2D eigenvalue weighted by atomic mass is 32.1. The number of carbonyl (C=O) groups is 1. The number of rotatable bonds is 1. The fraction of sp³-hybridized carbons (Fsp3) is 0.214. The Labute approximate surface area is 110 Å². The lowest BCUT2D eigenvalue weighted by Gasteiger charge is -2.22. The van der Waals surface area contributed by atoms with Crippen molar-refractivity contribution in [1.29, 1.82) is 0 Å². The molecule has 0 bridgehead atoms. The van der Waals surface area contributed by atoms with Gasteiger partial charge >= 0.3 is 0 Å². The van der Waals surface area contributed by atoms with Gasteiger partial charge in [-0.2, -0.15) is 0 Å². The van der Waals surface area contributed by atoms with Crippen molar-refractivity contribution in [3.05, 3.63) is 41.3 Å². The van der Waals surface area contributed by atoms with Gasteiger partial charge in [-0.25, -0.2) is 0 Å². The minimum Gasteiger partial charge on any atom is -0.397 e. The largest absolute Gasteiger partial charge is 0.397 e. The normalized spacial score (nSPS) is 15.2. The zero-order chi connectivity index (χ0) is 12.5. The number of amides is 1. The standard InChI is InChI=1S/C14H14N2OS/c15-12-10-6-2-3-7-11(10)18-13(12)14(17)16-8-4-1-5-9-16/h1-4,6-7H,5,8-9,15H2. The van der Waals surface area contributed by atoms with Crippen molar-refractivity contribution in [3.63, 3.8) is 0 Å². The molecule has 0 spiro atoms. The topological polar surface area (TPSA) is 46.3 Å². The van der Waals surface area contributed by atoms with Crippen LogP contribution in [0.3, 0.4) is 0 Å². The zero-order valence-electron chi connectivity index (χ0n) is 9.93. The van der Waals surface area contributed by atoms with Crippen LogP contribution in [0.25, 0.3) is 10.1 Å². The van der Waals surface area contributed by atoms with E-state index in [1.807, 2.05) is 35.2 Å². The van der Waals surface area contributed by atoms with Crippen molar-refractivity contribution in [3.8, 4) is 0 Å². The average Bonchev–Trinajstić information content (AvgIpc) is 2.77. The lowest BCUT2D eigenvalue weighted by Crippen LogP contribution is -2.33. The van der Waals surface area contributed by atoms with Crippen LogP contribution in [0.4, 0.5) is 5.69 Å². The summed E-state index contributed by atoms with van der Waals surface area (Å²) in [7, 11) is 0. The molecule has 2 N–H and O–H groups in total. The van der Waals surface area contributed by atoms with Crippen molar-refractivity contribution in [2.75, 3.05) is 18.8 Å². The third-order valence-corrected chi connectivity index (χ3v) is 4.35. The molecule has 2 aromatic rings. The molecule has 1 aliphatic rings. The van der Waals surface area contributed by atoms with E-state index in [-0.39, 0.29) is 5.91 Å². The highest BCUT2D eigenvalue weighted by molar-refractivity contribution is 7.21. The molecule has 3 rings (SSSR count). The fourth-order valence-electron chi connectivity index (χ4n) is 2.19. The monoisotopic (exact) mass is 258 g/mol. The van der Waals surface area contributed by atoms with E-state index in [1.54, 1.807) is 0 Å². The highest BCUT2D eigenvalue weighted by Gasteiger charge is 2.21. The Kier molecular flexibility index (Phi) is 2.80. The van der Waals surface area contributed by atoms with Gasteiger partial charge in [0.2, 0.25) is 0 Å². The third-order valence-electron chi connectivity index (χ3n) is 3.17. The Balaban J connectivity index is 2.01. The van der Waals surface area contributed by atoms with Crippen LogP contribution in [0.15, 0.2) is 36.4 Å². The second-order valence-electron chi connectivity index (χ2n) is 4.35. The summed E-state index contributed by atoms with van der Waals surface area (Å²) in [6, 6.07) is 7.89. The van der Waals surface area contributed by atoms with Gasteiger partial charge in [0, 0.05) is 23.2 Å². The molecular formula is C14H14N2OS.